The van der Waals surface area contributed by atoms with Crippen LogP contribution in [0.5, 0.6) is 0 Å². The Labute approximate surface area is 288 Å². The van der Waals surface area contributed by atoms with Gasteiger partial charge in [-0.15, -0.1) is 0 Å². The Balaban J connectivity index is 1.26. The predicted octanol–water partition coefficient (Wildman–Crippen LogP) is 12.2. The van der Waals surface area contributed by atoms with Crippen LogP contribution in [0.25, 0.3) is 82.6 Å². The van der Waals surface area contributed by atoms with Gasteiger partial charge in [-0.3, -0.25) is 4.57 Å². The van der Waals surface area contributed by atoms with Gasteiger partial charge in [-0.1, -0.05) is 121 Å². The van der Waals surface area contributed by atoms with E-state index in [1.807, 2.05) is 12.1 Å². The van der Waals surface area contributed by atoms with Gasteiger partial charge in [-0.25, -0.2) is 9.97 Å². The quantitative estimate of drug-likeness (QED) is 0.193. The Bertz CT molecular complexity index is 2950. The zero-order chi connectivity index (χ0) is 32.8. The summed E-state index contributed by atoms with van der Waals surface area (Å²) in [6.45, 7) is 0. The molecule has 0 amide bonds. The summed E-state index contributed by atoms with van der Waals surface area (Å²) in [7, 11) is 0. The van der Waals surface area contributed by atoms with E-state index in [9.17, 15) is 0 Å². The third-order valence-electron chi connectivity index (χ3n) is 10.3. The van der Waals surface area contributed by atoms with Gasteiger partial charge in [0.25, 0.3) is 0 Å². The summed E-state index contributed by atoms with van der Waals surface area (Å²) < 4.78 is 2.30. The van der Waals surface area contributed by atoms with E-state index in [0.29, 0.717) is 0 Å². The molecule has 0 N–H and O–H groups in total. The summed E-state index contributed by atoms with van der Waals surface area (Å²) in [5.74, 6) is 0.815. The van der Waals surface area contributed by atoms with Crippen LogP contribution >= 0.6 is 0 Å². The Morgan fingerprint density at radius 3 is 1.78 bits per heavy atom. The summed E-state index contributed by atoms with van der Waals surface area (Å²) in [5.41, 5.74) is 11.7. The highest BCUT2D eigenvalue weighted by Gasteiger charge is 2.27. The predicted molar refractivity (Wildman–Crippen MR) is 208 cm³/mol. The van der Waals surface area contributed by atoms with Crippen LogP contribution in [0.1, 0.15) is 0 Å². The molecule has 3 heterocycles. The minimum Gasteiger partial charge on any atom is -0.309 e. The first-order valence-electron chi connectivity index (χ1n) is 17.0. The number of hydrogen-bond acceptors (Lipinski definition) is 3. The van der Waals surface area contributed by atoms with Crippen molar-refractivity contribution < 1.29 is 0 Å². The third-order valence-corrected chi connectivity index (χ3v) is 10.3. The van der Waals surface area contributed by atoms with Gasteiger partial charge in [0.1, 0.15) is 5.69 Å². The van der Waals surface area contributed by atoms with Crippen molar-refractivity contribution in [3.63, 3.8) is 0 Å². The van der Waals surface area contributed by atoms with Crippen molar-refractivity contribution in [1.82, 2.24) is 14.5 Å². The fourth-order valence-corrected chi connectivity index (χ4v) is 8.13. The standard InChI is InChI=1S/C46H28N4/c1-2-16-32-30(13-1)27-31(49-40-23-8-5-19-35(40)36-20-11-14-29-15-12-26-43(49)44(29)36)28-37(32)45-46(48-39-22-7-6-21-38(39)47-45)50-41-24-9-3-17-33(41)34-18-4-10-25-42(34)50/h1-28H. The van der Waals surface area contributed by atoms with Gasteiger partial charge in [0.05, 0.1) is 33.4 Å². The maximum Gasteiger partial charge on any atom is 0.165 e. The molecule has 11 rings (SSSR count). The average Bonchev–Trinajstić information content (AvgIpc) is 3.51. The van der Waals surface area contributed by atoms with E-state index in [-0.39, 0.29) is 0 Å². The van der Waals surface area contributed by atoms with Crippen LogP contribution < -0.4 is 4.90 Å². The summed E-state index contributed by atoms with van der Waals surface area (Å²) in [5, 5.41) is 7.16. The van der Waals surface area contributed by atoms with Crippen LogP contribution in [0.3, 0.4) is 0 Å². The summed E-state index contributed by atoms with van der Waals surface area (Å²) in [6, 6.07) is 60.7. The molecule has 4 heteroatoms. The molecule has 0 radical (unpaired) electrons. The van der Waals surface area contributed by atoms with E-state index < -0.39 is 0 Å². The Morgan fingerprint density at radius 2 is 0.980 bits per heavy atom. The van der Waals surface area contributed by atoms with Gasteiger partial charge < -0.3 is 4.90 Å². The molecular formula is C46H28N4. The van der Waals surface area contributed by atoms with Gasteiger partial charge >= 0.3 is 0 Å². The molecule has 2 aromatic heterocycles. The van der Waals surface area contributed by atoms with E-state index in [1.165, 1.54) is 38.4 Å². The molecule has 50 heavy (non-hydrogen) atoms. The van der Waals surface area contributed by atoms with E-state index in [4.69, 9.17) is 9.97 Å². The van der Waals surface area contributed by atoms with Crippen molar-refractivity contribution in [1.29, 1.82) is 0 Å². The number of hydrogen-bond donors (Lipinski definition) is 0. The van der Waals surface area contributed by atoms with Crippen LogP contribution in [0.15, 0.2) is 170 Å². The lowest BCUT2D eigenvalue weighted by atomic mass is 9.90. The van der Waals surface area contributed by atoms with Gasteiger partial charge in [-0.05, 0) is 70.3 Å². The van der Waals surface area contributed by atoms with Gasteiger partial charge in [-0.2, -0.15) is 0 Å². The molecule has 232 valence electrons. The molecule has 0 aliphatic carbocycles. The highest BCUT2D eigenvalue weighted by molar-refractivity contribution is 6.15. The largest absolute Gasteiger partial charge is 0.309 e. The zero-order valence-electron chi connectivity index (χ0n) is 27.0. The van der Waals surface area contributed by atoms with Crippen molar-refractivity contribution in [2.45, 2.75) is 0 Å². The molecule has 0 atom stereocenters. The first-order chi connectivity index (χ1) is 24.8. The van der Waals surface area contributed by atoms with Crippen molar-refractivity contribution in [3.8, 4) is 28.2 Å². The summed E-state index contributed by atoms with van der Waals surface area (Å²) >= 11 is 0. The van der Waals surface area contributed by atoms with Crippen LogP contribution in [-0.2, 0) is 0 Å². The Kier molecular flexibility index (Phi) is 5.63. The number of fused-ring (bicyclic) bond motifs is 7. The number of benzene rings is 8. The molecule has 0 fully saturated rings. The maximum absolute atomic E-state index is 5.47. The highest BCUT2D eigenvalue weighted by atomic mass is 15.2. The molecule has 0 bridgehead atoms. The summed E-state index contributed by atoms with van der Waals surface area (Å²) in [4.78, 5) is 13.3. The fraction of sp³-hybridized carbons (Fsp3) is 0. The first kappa shape index (κ1) is 27.2. The molecule has 4 nitrogen and oxygen atoms in total. The molecule has 1 aliphatic rings. The highest BCUT2D eigenvalue weighted by Crippen LogP contribution is 2.52. The van der Waals surface area contributed by atoms with Crippen molar-refractivity contribution >= 4 is 71.4 Å². The lowest BCUT2D eigenvalue weighted by Gasteiger charge is -2.34. The minimum atomic E-state index is 0.815. The topological polar surface area (TPSA) is 34.0 Å². The molecule has 0 unspecified atom stereocenters. The van der Waals surface area contributed by atoms with Gasteiger partial charge in [0.15, 0.2) is 5.82 Å². The maximum atomic E-state index is 5.47. The monoisotopic (exact) mass is 636 g/mol. The number of rotatable bonds is 3. The van der Waals surface area contributed by atoms with E-state index in [0.717, 1.165) is 61.3 Å². The molecule has 1 aliphatic heterocycles. The summed E-state index contributed by atoms with van der Waals surface area (Å²) in [6.07, 6.45) is 0. The number of para-hydroxylation sites is 5. The number of aromatic nitrogens is 3. The normalized spacial score (nSPS) is 12.4. The van der Waals surface area contributed by atoms with Crippen LogP contribution in [0.4, 0.5) is 17.1 Å². The Morgan fingerprint density at radius 1 is 0.400 bits per heavy atom. The Hall–Kier alpha value is -6.78. The smallest absolute Gasteiger partial charge is 0.165 e. The molecule has 0 spiro atoms. The molecule has 8 aromatic carbocycles. The SMILES string of the molecule is c1ccc2c(c1)-c1cccc3cccc(c13)N2c1cc(-c2nc3ccccc3nc2-n2c3ccccc3c3ccccc32)c2ccccc2c1. The fourth-order valence-electron chi connectivity index (χ4n) is 8.13. The molecule has 0 saturated carbocycles. The van der Waals surface area contributed by atoms with Crippen molar-refractivity contribution in [2.24, 2.45) is 0 Å². The third kappa shape index (κ3) is 3.81. The molecule has 10 aromatic rings. The van der Waals surface area contributed by atoms with Crippen LogP contribution in [0.2, 0.25) is 0 Å². The van der Waals surface area contributed by atoms with Crippen LogP contribution in [0, 0.1) is 0 Å². The number of nitrogens with zero attached hydrogens (tertiary/aromatic N) is 4. The van der Waals surface area contributed by atoms with Gasteiger partial charge in [0.2, 0.25) is 0 Å². The molecular weight excluding hydrogens is 609 g/mol. The minimum absolute atomic E-state index is 0.815. The second-order valence-corrected chi connectivity index (χ2v) is 13.0. The lowest BCUT2D eigenvalue weighted by Crippen LogP contribution is -2.15. The molecule has 0 saturated heterocycles. The van der Waals surface area contributed by atoms with E-state index >= 15 is 0 Å². The van der Waals surface area contributed by atoms with Crippen molar-refractivity contribution in [3.05, 3.63) is 170 Å². The van der Waals surface area contributed by atoms with E-state index in [2.05, 4.69) is 167 Å². The first-order valence-corrected chi connectivity index (χ1v) is 17.0. The zero-order valence-corrected chi connectivity index (χ0v) is 27.0. The van der Waals surface area contributed by atoms with E-state index in [1.54, 1.807) is 0 Å². The van der Waals surface area contributed by atoms with Crippen molar-refractivity contribution in [2.75, 3.05) is 4.90 Å². The van der Waals surface area contributed by atoms with Gasteiger partial charge in [0, 0.05) is 33.0 Å². The second kappa shape index (κ2) is 10.4. The second-order valence-electron chi connectivity index (χ2n) is 13.0. The average molecular weight is 637 g/mol. The number of anilines is 3. The lowest BCUT2D eigenvalue weighted by molar-refractivity contribution is 1.08. The van der Waals surface area contributed by atoms with Crippen LogP contribution in [-0.4, -0.2) is 14.5 Å².